The number of carbonyl (C=O) groups is 2. The lowest BCUT2D eigenvalue weighted by molar-refractivity contribution is -0.121. The van der Waals surface area contributed by atoms with E-state index in [0.717, 1.165) is 29.7 Å². The molecule has 1 fully saturated rings. The molecule has 1 aliphatic rings. The molecule has 0 radical (unpaired) electrons. The van der Waals surface area contributed by atoms with Crippen LogP contribution in [0.2, 0.25) is 0 Å². The Morgan fingerprint density at radius 2 is 1.81 bits per heavy atom. The summed E-state index contributed by atoms with van der Waals surface area (Å²) in [6.45, 7) is 0.615. The second kappa shape index (κ2) is 7.60. The second-order valence-corrected chi connectivity index (χ2v) is 6.76. The highest BCUT2D eigenvalue weighted by Crippen LogP contribution is 2.50. The molecule has 1 aliphatic carbocycles. The minimum atomic E-state index is -0.944. The summed E-state index contributed by atoms with van der Waals surface area (Å²) in [6, 6.07) is 14.6. The van der Waals surface area contributed by atoms with Crippen LogP contribution in [0.1, 0.15) is 40.7 Å². The van der Waals surface area contributed by atoms with Crippen LogP contribution in [-0.4, -0.2) is 30.6 Å². The van der Waals surface area contributed by atoms with Crippen molar-refractivity contribution in [1.82, 2.24) is 5.32 Å². The highest BCUT2D eigenvalue weighted by atomic mass is 16.5. The lowest BCUT2D eigenvalue weighted by atomic mass is 9.94. The van der Waals surface area contributed by atoms with Gasteiger partial charge in [0.05, 0.1) is 12.7 Å². The van der Waals surface area contributed by atoms with E-state index in [2.05, 4.69) is 11.4 Å². The standard InChI is InChI=1S/C21H23NO4/c1-26-18-5-3-2-4-17(18)21(12-13-21)14-22-19(23)11-8-15-6-9-16(10-7-15)20(24)25/h2-7,9-10H,8,11-14H2,1H3,(H,22,23)(H,24,25). The fourth-order valence-electron chi connectivity index (χ4n) is 3.20. The summed E-state index contributed by atoms with van der Waals surface area (Å²) in [7, 11) is 1.67. The molecule has 0 aromatic heterocycles. The zero-order valence-electron chi connectivity index (χ0n) is 14.8. The van der Waals surface area contributed by atoms with Crippen molar-refractivity contribution in [3.05, 3.63) is 65.2 Å². The van der Waals surface area contributed by atoms with Crippen LogP contribution < -0.4 is 10.1 Å². The van der Waals surface area contributed by atoms with Gasteiger partial charge in [0.2, 0.25) is 5.91 Å². The maximum absolute atomic E-state index is 12.2. The van der Waals surface area contributed by atoms with E-state index in [1.54, 1.807) is 31.4 Å². The van der Waals surface area contributed by atoms with E-state index in [-0.39, 0.29) is 16.9 Å². The van der Waals surface area contributed by atoms with Gasteiger partial charge in [-0.05, 0) is 43.0 Å². The molecule has 0 unspecified atom stereocenters. The highest BCUT2D eigenvalue weighted by Gasteiger charge is 2.46. The maximum atomic E-state index is 12.2. The number of aryl methyl sites for hydroxylation is 1. The molecule has 26 heavy (non-hydrogen) atoms. The van der Waals surface area contributed by atoms with Gasteiger partial charge < -0.3 is 15.2 Å². The van der Waals surface area contributed by atoms with E-state index in [0.29, 0.717) is 19.4 Å². The maximum Gasteiger partial charge on any atom is 0.335 e. The van der Waals surface area contributed by atoms with Gasteiger partial charge in [-0.25, -0.2) is 4.79 Å². The third-order valence-electron chi connectivity index (χ3n) is 5.00. The van der Waals surface area contributed by atoms with Gasteiger partial charge >= 0.3 is 5.97 Å². The first-order valence-electron chi connectivity index (χ1n) is 8.76. The highest BCUT2D eigenvalue weighted by molar-refractivity contribution is 5.87. The number of para-hydroxylation sites is 1. The Hall–Kier alpha value is -2.82. The van der Waals surface area contributed by atoms with Gasteiger partial charge in [0.1, 0.15) is 5.75 Å². The molecule has 0 saturated heterocycles. The lowest BCUT2D eigenvalue weighted by Crippen LogP contribution is -2.32. The van der Waals surface area contributed by atoms with Crippen molar-refractivity contribution < 1.29 is 19.4 Å². The van der Waals surface area contributed by atoms with Crippen LogP contribution in [0.5, 0.6) is 5.75 Å². The Kier molecular flexibility index (Phi) is 5.26. The zero-order chi connectivity index (χ0) is 18.6. The third kappa shape index (κ3) is 4.04. The number of methoxy groups -OCH3 is 1. The summed E-state index contributed by atoms with van der Waals surface area (Å²) in [5, 5.41) is 12.0. The molecular formula is C21H23NO4. The van der Waals surface area contributed by atoms with Crippen molar-refractivity contribution in [3.8, 4) is 5.75 Å². The van der Waals surface area contributed by atoms with Crippen molar-refractivity contribution in [2.75, 3.05) is 13.7 Å². The number of ether oxygens (including phenoxy) is 1. The van der Waals surface area contributed by atoms with E-state index < -0.39 is 5.97 Å². The number of carboxylic acid groups (broad SMARTS) is 1. The fraction of sp³-hybridized carbons (Fsp3) is 0.333. The van der Waals surface area contributed by atoms with Crippen molar-refractivity contribution in [1.29, 1.82) is 0 Å². The molecule has 136 valence electrons. The van der Waals surface area contributed by atoms with Crippen LogP contribution in [-0.2, 0) is 16.6 Å². The van der Waals surface area contributed by atoms with Crippen LogP contribution in [0.3, 0.4) is 0 Å². The van der Waals surface area contributed by atoms with Crippen molar-refractivity contribution in [3.63, 3.8) is 0 Å². The first-order valence-corrected chi connectivity index (χ1v) is 8.76. The van der Waals surface area contributed by atoms with E-state index in [9.17, 15) is 9.59 Å². The smallest absolute Gasteiger partial charge is 0.335 e. The number of hydrogen-bond donors (Lipinski definition) is 2. The van der Waals surface area contributed by atoms with Crippen molar-refractivity contribution in [2.45, 2.75) is 31.1 Å². The van der Waals surface area contributed by atoms with Gasteiger partial charge in [-0.3, -0.25) is 4.79 Å². The Balaban J connectivity index is 1.52. The summed E-state index contributed by atoms with van der Waals surface area (Å²) in [5.41, 5.74) is 2.36. The van der Waals surface area contributed by atoms with Crippen LogP contribution in [0.15, 0.2) is 48.5 Å². The normalized spacial score (nSPS) is 14.5. The van der Waals surface area contributed by atoms with E-state index in [1.165, 1.54) is 0 Å². The van der Waals surface area contributed by atoms with Gasteiger partial charge in [-0.1, -0.05) is 30.3 Å². The van der Waals surface area contributed by atoms with E-state index >= 15 is 0 Å². The predicted octanol–water partition coefficient (Wildman–Crippen LogP) is 3.17. The van der Waals surface area contributed by atoms with Gasteiger partial charge in [-0.15, -0.1) is 0 Å². The minimum Gasteiger partial charge on any atom is -0.496 e. The van der Waals surface area contributed by atoms with Crippen LogP contribution >= 0.6 is 0 Å². The first-order chi connectivity index (χ1) is 12.5. The third-order valence-corrected chi connectivity index (χ3v) is 5.00. The number of carboxylic acids is 1. The summed E-state index contributed by atoms with van der Waals surface area (Å²) in [5.74, 6) is -0.0633. The average Bonchev–Trinajstić information content (AvgIpc) is 3.46. The Morgan fingerprint density at radius 3 is 2.42 bits per heavy atom. The van der Waals surface area contributed by atoms with E-state index in [4.69, 9.17) is 9.84 Å². The molecule has 2 aromatic rings. The number of hydrogen-bond acceptors (Lipinski definition) is 3. The zero-order valence-corrected chi connectivity index (χ0v) is 14.8. The van der Waals surface area contributed by atoms with Gasteiger partial charge in [0.25, 0.3) is 0 Å². The van der Waals surface area contributed by atoms with Gasteiger partial charge in [0.15, 0.2) is 0 Å². The van der Waals surface area contributed by atoms with Crippen LogP contribution in [0.4, 0.5) is 0 Å². The molecule has 3 rings (SSSR count). The Bertz CT molecular complexity index is 794. The molecular weight excluding hydrogens is 330 g/mol. The SMILES string of the molecule is COc1ccccc1C1(CNC(=O)CCc2ccc(C(=O)O)cc2)CC1. The number of benzene rings is 2. The van der Waals surface area contributed by atoms with Crippen molar-refractivity contribution >= 4 is 11.9 Å². The summed E-state index contributed by atoms with van der Waals surface area (Å²) in [6.07, 6.45) is 3.07. The summed E-state index contributed by atoms with van der Waals surface area (Å²) < 4.78 is 5.46. The molecule has 1 saturated carbocycles. The second-order valence-electron chi connectivity index (χ2n) is 6.76. The Labute approximate surface area is 153 Å². The number of nitrogens with one attached hydrogen (secondary N) is 1. The minimum absolute atomic E-state index is 0.00786. The summed E-state index contributed by atoms with van der Waals surface area (Å²) >= 11 is 0. The van der Waals surface area contributed by atoms with Gasteiger partial charge in [-0.2, -0.15) is 0 Å². The average molecular weight is 353 g/mol. The predicted molar refractivity (Wildman–Crippen MR) is 98.6 cm³/mol. The summed E-state index contributed by atoms with van der Waals surface area (Å²) in [4.78, 5) is 23.1. The molecule has 0 spiro atoms. The van der Waals surface area contributed by atoms with Crippen LogP contribution in [0, 0.1) is 0 Å². The molecule has 1 amide bonds. The molecule has 5 heteroatoms. The lowest BCUT2D eigenvalue weighted by Gasteiger charge is -2.19. The number of rotatable bonds is 8. The number of carbonyl (C=O) groups excluding carboxylic acids is 1. The number of amides is 1. The first kappa shape index (κ1) is 18.0. The monoisotopic (exact) mass is 353 g/mol. The fourth-order valence-corrected chi connectivity index (χ4v) is 3.20. The molecule has 2 aromatic carbocycles. The van der Waals surface area contributed by atoms with Crippen LogP contribution in [0.25, 0.3) is 0 Å². The molecule has 0 heterocycles. The van der Waals surface area contributed by atoms with Gasteiger partial charge in [0, 0.05) is 23.9 Å². The molecule has 2 N–H and O–H groups in total. The van der Waals surface area contributed by atoms with Crippen molar-refractivity contribution in [2.24, 2.45) is 0 Å². The molecule has 0 atom stereocenters. The van der Waals surface area contributed by atoms with E-state index in [1.807, 2.05) is 18.2 Å². The topological polar surface area (TPSA) is 75.6 Å². The largest absolute Gasteiger partial charge is 0.496 e. The Morgan fingerprint density at radius 1 is 1.12 bits per heavy atom. The molecule has 0 aliphatic heterocycles. The quantitative estimate of drug-likeness (QED) is 0.764. The molecule has 0 bridgehead atoms. The molecule has 5 nitrogen and oxygen atoms in total. The number of aromatic carboxylic acids is 1.